The van der Waals surface area contributed by atoms with Gasteiger partial charge in [-0.3, -0.25) is 0 Å². The Morgan fingerprint density at radius 1 is 0.342 bits per heavy atom. The molecular formula is C75H60BN3. The number of hydrogen-bond donors (Lipinski definition) is 0. The zero-order valence-corrected chi connectivity index (χ0v) is 45.1. The molecule has 378 valence electrons. The lowest BCUT2D eigenvalue weighted by molar-refractivity contribution is 0.195. The first-order chi connectivity index (χ1) is 38.8. The van der Waals surface area contributed by atoms with E-state index in [1.165, 1.54) is 130 Å². The first-order valence-electron chi connectivity index (χ1n) is 28.3. The molecule has 3 heterocycles. The normalized spacial score (nSPS) is 17.6. The van der Waals surface area contributed by atoms with Gasteiger partial charge in [-0.15, -0.1) is 0 Å². The van der Waals surface area contributed by atoms with Crippen molar-refractivity contribution in [1.29, 1.82) is 0 Å². The lowest BCUT2D eigenvalue weighted by atomic mass is 9.33. The number of nitrogens with zero attached hydrogens (tertiary/aromatic N) is 3. The molecular weight excluding hydrogens is 954 g/mol. The van der Waals surface area contributed by atoms with Gasteiger partial charge in [0.05, 0.1) is 5.54 Å². The van der Waals surface area contributed by atoms with E-state index >= 15 is 0 Å². The van der Waals surface area contributed by atoms with Gasteiger partial charge in [0.1, 0.15) is 0 Å². The van der Waals surface area contributed by atoms with Crippen molar-refractivity contribution in [2.45, 2.75) is 57.4 Å². The molecule has 0 amide bonds. The van der Waals surface area contributed by atoms with Gasteiger partial charge in [-0.25, -0.2) is 0 Å². The Morgan fingerprint density at radius 2 is 0.848 bits per heavy atom. The van der Waals surface area contributed by atoms with Crippen molar-refractivity contribution in [1.82, 2.24) is 0 Å². The van der Waals surface area contributed by atoms with Gasteiger partial charge in [-0.2, -0.15) is 0 Å². The zero-order chi connectivity index (χ0) is 52.8. The van der Waals surface area contributed by atoms with Crippen LogP contribution in [0.4, 0.5) is 45.5 Å². The van der Waals surface area contributed by atoms with E-state index in [1.54, 1.807) is 0 Å². The number of fused-ring (bicyclic) bond motifs is 7. The Kier molecular flexibility index (Phi) is 11.1. The monoisotopic (exact) mass is 1010 g/mol. The minimum atomic E-state index is -0.206. The quantitative estimate of drug-likeness (QED) is 0.140. The fourth-order valence-corrected chi connectivity index (χ4v) is 14.4. The first-order valence-corrected chi connectivity index (χ1v) is 28.3. The lowest BCUT2D eigenvalue weighted by Crippen LogP contribution is -2.61. The third-order valence-electron chi connectivity index (χ3n) is 18.5. The summed E-state index contributed by atoms with van der Waals surface area (Å²) >= 11 is 0. The highest BCUT2D eigenvalue weighted by molar-refractivity contribution is 7.00. The molecule has 0 bridgehead atoms. The molecule has 2 unspecified atom stereocenters. The first kappa shape index (κ1) is 47.1. The van der Waals surface area contributed by atoms with Crippen LogP contribution < -0.4 is 31.1 Å². The van der Waals surface area contributed by atoms with E-state index in [0.29, 0.717) is 0 Å². The number of aryl methyl sites for hydroxylation is 1. The average molecular weight is 1010 g/mol. The van der Waals surface area contributed by atoms with Crippen molar-refractivity contribution in [3.8, 4) is 55.6 Å². The molecule has 0 aromatic heterocycles. The van der Waals surface area contributed by atoms with Crippen molar-refractivity contribution in [3.05, 3.63) is 272 Å². The third kappa shape index (κ3) is 7.49. The van der Waals surface area contributed by atoms with Crippen molar-refractivity contribution >= 4 is 68.6 Å². The third-order valence-corrected chi connectivity index (χ3v) is 18.5. The molecule has 2 atom stereocenters. The molecule has 1 fully saturated rings. The second-order valence-electron chi connectivity index (χ2n) is 22.8. The second kappa shape index (κ2) is 18.5. The largest absolute Gasteiger partial charge is 0.334 e. The van der Waals surface area contributed by atoms with Gasteiger partial charge < -0.3 is 14.7 Å². The van der Waals surface area contributed by atoms with Gasteiger partial charge >= 0.3 is 0 Å². The molecule has 1 saturated carbocycles. The van der Waals surface area contributed by atoms with Crippen molar-refractivity contribution in [3.63, 3.8) is 0 Å². The van der Waals surface area contributed by atoms with Gasteiger partial charge in [-0.1, -0.05) is 220 Å². The maximum absolute atomic E-state index is 2.80. The van der Waals surface area contributed by atoms with E-state index < -0.39 is 0 Å². The summed E-state index contributed by atoms with van der Waals surface area (Å²) in [6.45, 7) is 7.33. The summed E-state index contributed by atoms with van der Waals surface area (Å²) in [7, 11) is 0. The standard InChI is InChI=1S/C75H60BN3/c1-51-21-16-17-32-64(51)60-37-41-68-65(46-60)74(2)43-18-19-44-75(74,3)79(68)63-49-71-73-72(50-63)78(62-31-20-30-57(45-62)53-24-10-5-11-25-53)70-48-59(55-28-14-7-15-29-55)35-40-66(70)76(73)67-47-58(54-26-12-6-13-27-54)36-42-69(67)77(71)61-38-33-56(34-39-61)52-22-8-4-9-23-52/h4-17,20-42,45-50H,18-19,43-44H2,1-3H3. The maximum atomic E-state index is 2.80. The second-order valence-corrected chi connectivity index (χ2v) is 22.8. The van der Waals surface area contributed by atoms with Crippen LogP contribution >= 0.6 is 0 Å². The minimum Gasteiger partial charge on any atom is -0.334 e. The predicted octanol–water partition coefficient (Wildman–Crippen LogP) is 18.2. The number of hydrogen-bond acceptors (Lipinski definition) is 3. The van der Waals surface area contributed by atoms with E-state index in [2.05, 4.69) is 296 Å². The van der Waals surface area contributed by atoms with E-state index in [4.69, 9.17) is 0 Å². The molecule has 4 heteroatoms. The Balaban J connectivity index is 1.04. The predicted molar refractivity (Wildman–Crippen MR) is 335 cm³/mol. The smallest absolute Gasteiger partial charge is 0.252 e. The molecule has 11 aromatic carbocycles. The van der Waals surface area contributed by atoms with E-state index in [1.807, 2.05) is 0 Å². The molecule has 79 heavy (non-hydrogen) atoms. The molecule has 0 N–H and O–H groups in total. The van der Waals surface area contributed by atoms with Crippen LogP contribution in [0.15, 0.2) is 261 Å². The highest BCUT2D eigenvalue weighted by Gasteiger charge is 2.58. The van der Waals surface area contributed by atoms with E-state index in [9.17, 15) is 0 Å². The lowest BCUT2D eigenvalue weighted by Gasteiger charge is -2.51. The molecule has 3 aliphatic heterocycles. The highest BCUT2D eigenvalue weighted by atomic mass is 15.3. The molecule has 0 radical (unpaired) electrons. The molecule has 11 aromatic rings. The number of benzene rings is 11. The SMILES string of the molecule is Cc1ccccc1-c1ccc2c(c1)C1(C)CCCCC1(C)N2c1cc2c3c(c1)N(c1cccc(-c4ccccc4)c1)c1cc(-c4ccccc4)ccc1B3c1cc(-c3ccccc3)ccc1N2c1ccc(-c2ccccc2)cc1. The summed E-state index contributed by atoms with van der Waals surface area (Å²) in [6, 6.07) is 98.0. The van der Waals surface area contributed by atoms with E-state index in [-0.39, 0.29) is 17.7 Å². The summed E-state index contributed by atoms with van der Waals surface area (Å²) in [4.78, 5) is 8.02. The highest BCUT2D eigenvalue weighted by Crippen LogP contribution is 2.62. The van der Waals surface area contributed by atoms with Crippen LogP contribution in [0.5, 0.6) is 0 Å². The van der Waals surface area contributed by atoms with Crippen LogP contribution in [0.2, 0.25) is 0 Å². The number of rotatable bonds is 8. The van der Waals surface area contributed by atoms with Crippen molar-refractivity contribution in [2.24, 2.45) is 0 Å². The van der Waals surface area contributed by atoms with E-state index in [0.717, 1.165) is 24.2 Å². The Hall–Kier alpha value is -9.12. The number of anilines is 8. The minimum absolute atomic E-state index is 0.0796. The van der Waals surface area contributed by atoms with Crippen LogP contribution in [-0.2, 0) is 5.41 Å². The van der Waals surface area contributed by atoms with Crippen LogP contribution in [-0.4, -0.2) is 12.3 Å². The van der Waals surface area contributed by atoms with Crippen molar-refractivity contribution < 1.29 is 0 Å². The van der Waals surface area contributed by atoms with Crippen LogP contribution in [0.1, 0.15) is 50.7 Å². The zero-order valence-electron chi connectivity index (χ0n) is 45.1. The van der Waals surface area contributed by atoms with Gasteiger partial charge in [0.25, 0.3) is 6.71 Å². The topological polar surface area (TPSA) is 9.72 Å². The average Bonchev–Trinajstić information content (AvgIpc) is 4.00. The van der Waals surface area contributed by atoms with Crippen LogP contribution in [0.3, 0.4) is 0 Å². The molecule has 0 saturated heterocycles. The molecule has 1 aliphatic carbocycles. The van der Waals surface area contributed by atoms with Crippen LogP contribution in [0.25, 0.3) is 55.6 Å². The summed E-state index contributed by atoms with van der Waals surface area (Å²) in [5.74, 6) is 0. The van der Waals surface area contributed by atoms with Gasteiger partial charge in [-0.05, 0) is 171 Å². The maximum Gasteiger partial charge on any atom is 0.252 e. The Labute approximate surface area is 465 Å². The summed E-state index contributed by atoms with van der Waals surface area (Å²) in [5, 5.41) is 0. The molecule has 3 nitrogen and oxygen atoms in total. The van der Waals surface area contributed by atoms with Crippen molar-refractivity contribution in [2.75, 3.05) is 14.7 Å². The fraction of sp³-hybridized carbons (Fsp3) is 0.120. The van der Waals surface area contributed by atoms with Gasteiger partial charge in [0.2, 0.25) is 0 Å². The van der Waals surface area contributed by atoms with Crippen LogP contribution in [0, 0.1) is 6.92 Å². The Morgan fingerprint density at radius 3 is 1.51 bits per heavy atom. The van der Waals surface area contributed by atoms with Gasteiger partial charge in [0, 0.05) is 50.9 Å². The fourth-order valence-electron chi connectivity index (χ4n) is 14.4. The summed E-state index contributed by atoms with van der Waals surface area (Å²) in [5.41, 5.74) is 28.2. The molecule has 0 spiro atoms. The van der Waals surface area contributed by atoms with Gasteiger partial charge in [0.15, 0.2) is 0 Å². The summed E-state index contributed by atoms with van der Waals surface area (Å²) < 4.78 is 0. The molecule has 15 rings (SSSR count). The Bertz CT molecular complexity index is 4140. The summed E-state index contributed by atoms with van der Waals surface area (Å²) in [6.07, 6.45) is 4.63. The molecule has 4 aliphatic rings.